The van der Waals surface area contributed by atoms with Gasteiger partial charge in [-0.2, -0.15) is 0 Å². The number of rotatable bonds is 3. The van der Waals surface area contributed by atoms with E-state index in [4.69, 9.17) is 11.6 Å². The number of aromatic hydroxyl groups is 2. The number of allylic oxidation sites excluding steroid dienone is 1. The number of aryl methyl sites for hydroxylation is 1. The monoisotopic (exact) mass is 288 g/mol. The molecule has 0 heterocycles. The van der Waals surface area contributed by atoms with Gasteiger partial charge in [-0.3, -0.25) is 4.79 Å². The van der Waals surface area contributed by atoms with Gasteiger partial charge in [0.15, 0.2) is 17.3 Å². The molecule has 0 amide bonds. The lowest BCUT2D eigenvalue weighted by Crippen LogP contribution is -1.95. The molecule has 0 aliphatic rings. The summed E-state index contributed by atoms with van der Waals surface area (Å²) in [5, 5.41) is 19.0. The lowest BCUT2D eigenvalue weighted by molar-refractivity contribution is 0.104. The van der Waals surface area contributed by atoms with Crippen LogP contribution in [0.25, 0.3) is 6.08 Å². The molecular formula is C16H13ClO3. The van der Waals surface area contributed by atoms with Crippen molar-refractivity contribution in [2.45, 2.75) is 6.92 Å². The van der Waals surface area contributed by atoms with Crippen LogP contribution in [0.15, 0.2) is 42.5 Å². The van der Waals surface area contributed by atoms with Crippen molar-refractivity contribution in [2.24, 2.45) is 0 Å². The molecule has 2 rings (SSSR count). The molecular weight excluding hydrogens is 276 g/mol. The lowest BCUT2D eigenvalue weighted by Gasteiger charge is -2.01. The summed E-state index contributed by atoms with van der Waals surface area (Å²) in [6.45, 7) is 1.90. The summed E-state index contributed by atoms with van der Waals surface area (Å²) in [5.74, 6) is -0.648. The molecule has 4 heteroatoms. The van der Waals surface area contributed by atoms with Crippen molar-refractivity contribution in [3.05, 3.63) is 64.2 Å². The molecule has 0 bridgehead atoms. The first-order chi connectivity index (χ1) is 9.47. The Balaban J connectivity index is 2.22. The maximum atomic E-state index is 12.0. The van der Waals surface area contributed by atoms with E-state index < -0.39 is 0 Å². The fraction of sp³-hybridized carbons (Fsp3) is 0.0625. The van der Waals surface area contributed by atoms with Crippen LogP contribution in [-0.2, 0) is 0 Å². The molecule has 0 aliphatic heterocycles. The van der Waals surface area contributed by atoms with Gasteiger partial charge in [0.05, 0.1) is 5.02 Å². The second-order valence-corrected chi connectivity index (χ2v) is 4.84. The number of hydrogen-bond acceptors (Lipinski definition) is 3. The third kappa shape index (κ3) is 3.19. The summed E-state index contributed by atoms with van der Waals surface area (Å²) in [6, 6.07) is 9.55. The van der Waals surface area contributed by atoms with Crippen LogP contribution in [0.3, 0.4) is 0 Å². The highest BCUT2D eigenvalue weighted by Gasteiger charge is 2.07. The van der Waals surface area contributed by atoms with Gasteiger partial charge in [0.1, 0.15) is 0 Å². The summed E-state index contributed by atoms with van der Waals surface area (Å²) in [4.78, 5) is 12.0. The van der Waals surface area contributed by atoms with Crippen LogP contribution in [0.4, 0.5) is 0 Å². The Kier molecular flexibility index (Phi) is 4.11. The Morgan fingerprint density at radius 2 is 1.85 bits per heavy atom. The second kappa shape index (κ2) is 5.80. The van der Waals surface area contributed by atoms with E-state index in [1.54, 1.807) is 24.3 Å². The van der Waals surface area contributed by atoms with Gasteiger partial charge in [0.25, 0.3) is 0 Å². The quantitative estimate of drug-likeness (QED) is 0.511. The summed E-state index contributed by atoms with van der Waals surface area (Å²) < 4.78 is 0. The van der Waals surface area contributed by atoms with E-state index in [2.05, 4.69) is 0 Å². The van der Waals surface area contributed by atoms with Crippen molar-refractivity contribution in [3.8, 4) is 11.5 Å². The van der Waals surface area contributed by atoms with Gasteiger partial charge in [-0.25, -0.2) is 0 Å². The normalized spacial score (nSPS) is 10.9. The second-order valence-electron chi connectivity index (χ2n) is 4.43. The largest absolute Gasteiger partial charge is 0.504 e. The minimum Gasteiger partial charge on any atom is -0.504 e. The van der Waals surface area contributed by atoms with Gasteiger partial charge in [-0.15, -0.1) is 0 Å². The van der Waals surface area contributed by atoms with Gasteiger partial charge in [-0.05, 0) is 48.4 Å². The van der Waals surface area contributed by atoms with Crippen molar-refractivity contribution < 1.29 is 15.0 Å². The molecule has 0 atom stereocenters. The molecule has 2 N–H and O–H groups in total. The summed E-state index contributed by atoms with van der Waals surface area (Å²) in [5.41, 5.74) is 2.02. The topological polar surface area (TPSA) is 57.5 Å². The van der Waals surface area contributed by atoms with Crippen LogP contribution in [0.1, 0.15) is 21.5 Å². The summed E-state index contributed by atoms with van der Waals surface area (Å²) in [6.07, 6.45) is 2.93. The Morgan fingerprint density at radius 1 is 1.10 bits per heavy atom. The van der Waals surface area contributed by atoms with E-state index in [1.807, 2.05) is 13.0 Å². The molecule has 3 nitrogen and oxygen atoms in total. The number of benzene rings is 2. The zero-order chi connectivity index (χ0) is 14.7. The Labute approximate surface area is 121 Å². The van der Waals surface area contributed by atoms with Crippen molar-refractivity contribution in [1.82, 2.24) is 0 Å². The van der Waals surface area contributed by atoms with E-state index >= 15 is 0 Å². The number of halogens is 1. The van der Waals surface area contributed by atoms with Crippen LogP contribution in [0, 0.1) is 6.92 Å². The Hall–Kier alpha value is -2.26. The standard InChI is InChI=1S/C16H13ClO3/c1-10-2-5-12(13(17)8-10)14(18)6-3-11-4-7-15(19)16(20)9-11/h2-9,19-20H,1H3/b6-3+. The predicted octanol–water partition coefficient (Wildman–Crippen LogP) is 3.96. The van der Waals surface area contributed by atoms with Gasteiger partial charge in [0.2, 0.25) is 0 Å². The highest BCUT2D eigenvalue weighted by atomic mass is 35.5. The number of carbonyl (C=O) groups excluding carboxylic acids is 1. The van der Waals surface area contributed by atoms with Gasteiger partial charge in [-0.1, -0.05) is 29.8 Å². The fourth-order valence-electron chi connectivity index (χ4n) is 1.73. The zero-order valence-corrected chi connectivity index (χ0v) is 11.6. The van der Waals surface area contributed by atoms with E-state index in [0.29, 0.717) is 16.1 Å². The number of phenolic OH excluding ortho intramolecular Hbond substituents is 2. The van der Waals surface area contributed by atoms with Crippen LogP contribution in [0.2, 0.25) is 5.02 Å². The van der Waals surface area contributed by atoms with E-state index in [1.165, 1.54) is 18.2 Å². The van der Waals surface area contributed by atoms with Crippen LogP contribution < -0.4 is 0 Å². The van der Waals surface area contributed by atoms with Crippen LogP contribution >= 0.6 is 11.6 Å². The molecule has 102 valence electrons. The number of carbonyl (C=O) groups is 1. The van der Waals surface area contributed by atoms with Crippen LogP contribution in [0.5, 0.6) is 11.5 Å². The van der Waals surface area contributed by atoms with Crippen molar-refractivity contribution in [3.63, 3.8) is 0 Å². The molecule has 0 saturated carbocycles. The Bertz CT molecular complexity index is 690. The van der Waals surface area contributed by atoms with Crippen molar-refractivity contribution in [1.29, 1.82) is 0 Å². The number of hydrogen-bond donors (Lipinski definition) is 2. The number of phenols is 2. The SMILES string of the molecule is Cc1ccc(C(=O)/C=C/c2ccc(O)c(O)c2)c(Cl)c1. The molecule has 0 aromatic heterocycles. The highest BCUT2D eigenvalue weighted by Crippen LogP contribution is 2.25. The fourth-order valence-corrected chi connectivity index (χ4v) is 2.05. The lowest BCUT2D eigenvalue weighted by atomic mass is 10.1. The summed E-state index contributed by atoms with van der Waals surface area (Å²) in [7, 11) is 0. The van der Waals surface area contributed by atoms with Crippen molar-refractivity contribution >= 4 is 23.5 Å². The maximum absolute atomic E-state index is 12.0. The predicted molar refractivity (Wildman–Crippen MR) is 79.3 cm³/mol. The maximum Gasteiger partial charge on any atom is 0.187 e. The van der Waals surface area contributed by atoms with E-state index in [0.717, 1.165) is 5.56 Å². The van der Waals surface area contributed by atoms with Gasteiger partial charge < -0.3 is 10.2 Å². The third-order valence-corrected chi connectivity index (χ3v) is 3.13. The number of ketones is 1. The minimum atomic E-state index is -0.229. The Morgan fingerprint density at radius 3 is 2.50 bits per heavy atom. The molecule has 2 aromatic carbocycles. The average molecular weight is 289 g/mol. The molecule has 0 saturated heterocycles. The average Bonchev–Trinajstić information content (AvgIpc) is 2.40. The minimum absolute atomic E-state index is 0.199. The van der Waals surface area contributed by atoms with E-state index in [9.17, 15) is 15.0 Å². The molecule has 0 fully saturated rings. The van der Waals surface area contributed by atoms with Crippen LogP contribution in [-0.4, -0.2) is 16.0 Å². The van der Waals surface area contributed by atoms with Gasteiger partial charge >= 0.3 is 0 Å². The van der Waals surface area contributed by atoms with Crippen molar-refractivity contribution in [2.75, 3.05) is 0 Å². The molecule has 20 heavy (non-hydrogen) atoms. The first kappa shape index (κ1) is 14.2. The molecule has 2 aromatic rings. The third-order valence-electron chi connectivity index (χ3n) is 2.82. The van der Waals surface area contributed by atoms with Gasteiger partial charge in [0, 0.05) is 5.56 Å². The van der Waals surface area contributed by atoms with E-state index in [-0.39, 0.29) is 17.3 Å². The first-order valence-electron chi connectivity index (χ1n) is 5.98. The molecule has 0 aliphatic carbocycles. The molecule has 0 radical (unpaired) electrons. The highest BCUT2D eigenvalue weighted by molar-refractivity contribution is 6.34. The summed E-state index contributed by atoms with van der Waals surface area (Å²) >= 11 is 6.02. The molecule has 0 spiro atoms. The smallest absolute Gasteiger partial charge is 0.187 e. The first-order valence-corrected chi connectivity index (χ1v) is 6.36. The molecule has 0 unspecified atom stereocenters. The zero-order valence-electron chi connectivity index (χ0n) is 10.8.